The van der Waals surface area contributed by atoms with Gasteiger partial charge in [0, 0.05) is 23.9 Å². The molecule has 1 aliphatic rings. The van der Waals surface area contributed by atoms with Crippen molar-refractivity contribution in [2.45, 2.75) is 104 Å². The molecule has 1 radical (unpaired) electrons. The molecule has 0 N–H and O–H groups in total. The van der Waals surface area contributed by atoms with Crippen LogP contribution in [0, 0.1) is 0 Å². The van der Waals surface area contributed by atoms with Crippen molar-refractivity contribution in [3.05, 3.63) is 24.3 Å². The summed E-state index contributed by atoms with van der Waals surface area (Å²) in [7, 11) is 6.31. The average Bonchev–Trinajstić information content (AvgIpc) is 2.93. The molecule has 7 heteroatoms. The van der Waals surface area contributed by atoms with Crippen molar-refractivity contribution < 1.29 is 14.6 Å². The van der Waals surface area contributed by atoms with Gasteiger partial charge in [-0.3, -0.25) is 0 Å². The van der Waals surface area contributed by atoms with Crippen LogP contribution < -0.4 is 9.62 Å². The quantitative estimate of drug-likeness (QED) is 0.286. The SMILES string of the molecule is CC(C)(C)P(CN1[B]N(CP(C(C)(C)C)C(C)(C)C)c2ccccc21)C(C)(C)C.[Cl][Ni]. The number of rotatable bonds is 4. The van der Waals surface area contributed by atoms with Crippen molar-refractivity contribution in [2.24, 2.45) is 0 Å². The van der Waals surface area contributed by atoms with Crippen LogP contribution in [0.2, 0.25) is 0 Å². The van der Waals surface area contributed by atoms with Crippen LogP contribution in [0.1, 0.15) is 83.1 Å². The van der Waals surface area contributed by atoms with E-state index in [0.29, 0.717) is 20.6 Å². The summed E-state index contributed by atoms with van der Waals surface area (Å²) < 4.78 is 0. The molecule has 0 aliphatic carbocycles. The van der Waals surface area contributed by atoms with Crippen LogP contribution in [-0.2, 0) is 14.6 Å². The summed E-state index contributed by atoms with van der Waals surface area (Å²) in [5.41, 5.74) is 2.76. The predicted molar refractivity (Wildman–Crippen MR) is 146 cm³/mol. The minimum absolute atomic E-state index is 0.189. The molecule has 0 atom stereocenters. The van der Waals surface area contributed by atoms with Crippen LogP contribution >= 0.6 is 26.0 Å². The second-order valence-electron chi connectivity index (χ2n) is 12.4. The van der Waals surface area contributed by atoms with Gasteiger partial charge in [0.2, 0.25) is 0 Å². The van der Waals surface area contributed by atoms with Gasteiger partial charge in [-0.05, 0) is 32.8 Å². The molecule has 0 unspecified atom stereocenters. The topological polar surface area (TPSA) is 6.48 Å². The van der Waals surface area contributed by atoms with Gasteiger partial charge in [0.15, 0.2) is 0 Å². The second-order valence-corrected chi connectivity index (χ2v) is 20.0. The van der Waals surface area contributed by atoms with Gasteiger partial charge in [-0.25, -0.2) is 0 Å². The zero-order valence-corrected chi connectivity index (χ0v) is 25.3. The maximum atomic E-state index is 4.26. The number of anilines is 2. The van der Waals surface area contributed by atoms with Crippen LogP contribution in [0.15, 0.2) is 24.3 Å². The molecule has 0 amide bonds. The molecular weight excluding hydrogens is 483 g/mol. The summed E-state index contributed by atoms with van der Waals surface area (Å²) in [4.78, 5) is 5.10. The molecule has 31 heavy (non-hydrogen) atoms. The first-order chi connectivity index (χ1) is 13.9. The van der Waals surface area contributed by atoms with Crippen molar-refractivity contribution in [3.63, 3.8) is 0 Å². The van der Waals surface area contributed by atoms with Gasteiger partial charge in [0.25, 0.3) is 0 Å². The normalized spacial score (nSPS) is 15.1. The van der Waals surface area contributed by atoms with Crippen molar-refractivity contribution in [1.29, 1.82) is 0 Å². The molecule has 1 heterocycles. The van der Waals surface area contributed by atoms with Crippen molar-refractivity contribution in [3.8, 4) is 0 Å². The number of hydrogen-bond donors (Lipinski definition) is 0. The van der Waals surface area contributed by atoms with Gasteiger partial charge in [-0.1, -0.05) is 111 Å². The molecule has 180 valence electrons. The van der Waals surface area contributed by atoms with E-state index in [-0.39, 0.29) is 15.8 Å². The molecule has 0 spiro atoms. The Morgan fingerprint density at radius 3 is 1.13 bits per heavy atom. The summed E-state index contributed by atoms with van der Waals surface area (Å²) in [5, 5.41) is 1.31. The van der Waals surface area contributed by atoms with Gasteiger partial charge in [0.05, 0.1) is 0 Å². The number of nitrogens with zero attached hydrogens (tertiary/aromatic N) is 2. The molecule has 1 aromatic carbocycles. The summed E-state index contributed by atoms with van der Waals surface area (Å²) in [5.74, 6) is 0. The number of benzene rings is 1. The van der Waals surface area contributed by atoms with Crippen molar-refractivity contribution in [2.75, 3.05) is 22.2 Å². The van der Waals surface area contributed by atoms with Crippen LogP contribution in [0.4, 0.5) is 11.4 Å². The van der Waals surface area contributed by atoms with Gasteiger partial charge in [-0.15, -0.1) is 0 Å². The molecule has 0 bridgehead atoms. The van der Waals surface area contributed by atoms with Crippen LogP contribution in [0.3, 0.4) is 0 Å². The van der Waals surface area contributed by atoms with Crippen LogP contribution in [-0.4, -0.2) is 40.7 Å². The fourth-order valence-electron chi connectivity index (χ4n) is 4.63. The molecule has 0 aromatic heterocycles. The molecule has 2 rings (SSSR count). The molecule has 1 aliphatic heterocycles. The van der Waals surface area contributed by atoms with Gasteiger partial charge < -0.3 is 9.62 Å². The number of fused-ring (bicyclic) bond motifs is 1. The summed E-state index contributed by atoms with van der Waals surface area (Å²) >= 11 is 3.35. The Morgan fingerprint density at radius 2 is 0.903 bits per heavy atom. The average molecular weight is 528 g/mol. The molecular formula is C24H44BClN2NiP2. The van der Waals surface area contributed by atoms with Crippen molar-refractivity contribution in [1.82, 2.24) is 0 Å². The van der Waals surface area contributed by atoms with Crippen LogP contribution in [0.25, 0.3) is 0 Å². The number of halogens is 1. The Morgan fingerprint density at radius 1 is 0.645 bits per heavy atom. The van der Waals surface area contributed by atoms with E-state index in [1.165, 1.54) is 11.4 Å². The van der Waals surface area contributed by atoms with E-state index in [1.807, 2.05) is 0 Å². The maximum absolute atomic E-state index is 4.26. The van der Waals surface area contributed by atoms with E-state index in [0.717, 1.165) is 12.6 Å². The van der Waals surface area contributed by atoms with Crippen LogP contribution in [0.5, 0.6) is 0 Å². The van der Waals surface area contributed by atoms with Gasteiger partial charge in [-0.2, -0.15) is 0 Å². The molecule has 0 saturated heterocycles. The first kappa shape index (κ1) is 29.6. The Balaban J connectivity index is 0.00000233. The first-order valence-electron chi connectivity index (χ1n) is 11.1. The van der Waals surface area contributed by atoms with E-state index in [9.17, 15) is 0 Å². The van der Waals surface area contributed by atoms with E-state index in [4.69, 9.17) is 0 Å². The number of hydrogen-bond acceptors (Lipinski definition) is 2. The third-order valence-corrected chi connectivity index (χ3v) is 13.3. The molecule has 1 aromatic rings. The van der Waals surface area contributed by atoms with E-state index >= 15 is 0 Å². The van der Waals surface area contributed by atoms with Gasteiger partial charge >= 0.3 is 32.3 Å². The fraction of sp³-hybridized carbons (Fsp3) is 0.750. The summed E-state index contributed by atoms with van der Waals surface area (Å²) in [6.07, 6.45) is 2.25. The van der Waals surface area contributed by atoms with E-state index in [1.54, 1.807) is 0 Å². The van der Waals surface area contributed by atoms with E-state index in [2.05, 4.69) is 149 Å². The third kappa shape index (κ3) is 8.06. The zero-order chi connectivity index (χ0) is 24.4. The summed E-state index contributed by atoms with van der Waals surface area (Å²) in [6.45, 7) is 29.0. The fourth-order valence-corrected chi connectivity index (χ4v) is 11.4. The third-order valence-electron chi connectivity index (χ3n) is 5.61. The zero-order valence-electron chi connectivity index (χ0n) is 21.8. The predicted octanol–water partition coefficient (Wildman–Crippen LogP) is 8.61. The Kier molecular flexibility index (Phi) is 10.3. The Labute approximate surface area is 209 Å². The monoisotopic (exact) mass is 526 g/mol. The van der Waals surface area contributed by atoms with Crippen molar-refractivity contribution >= 4 is 45.0 Å². The number of para-hydroxylation sites is 2. The van der Waals surface area contributed by atoms with Gasteiger partial charge in [0.1, 0.15) is 0 Å². The summed E-state index contributed by atoms with van der Waals surface area (Å²) in [6, 6.07) is 8.99. The second kappa shape index (κ2) is 10.9. The standard InChI is InChI=1S/C24H44BN2P2.ClH.Ni/c1-21(2,3)28(22(4,5)6)17-26-19-15-13-14-16-20(19)27(25-26)18-29(23(7,8)9)24(10,11)12;;/h13-16H,17-18H2,1-12H3;1H;/q;;+1/p-1. The Hall–Kier alpha value is 0.528. The molecule has 0 fully saturated rings. The van der Waals surface area contributed by atoms with E-state index < -0.39 is 0 Å². The molecule has 0 saturated carbocycles. The first-order valence-corrected chi connectivity index (χ1v) is 15.5. The Bertz CT molecular complexity index is 618. The molecule has 2 nitrogen and oxygen atoms in total. The minimum atomic E-state index is -0.189.